The maximum atomic E-state index is 7.06. The molecule has 1 heterocycles. The molecule has 29 heavy (non-hydrogen) atoms. The summed E-state index contributed by atoms with van der Waals surface area (Å²) in [4.78, 5) is 0. The van der Waals surface area contributed by atoms with Crippen molar-refractivity contribution in [3.8, 4) is 0 Å². The van der Waals surface area contributed by atoms with Crippen molar-refractivity contribution in [1.82, 2.24) is 5.23 Å². The van der Waals surface area contributed by atoms with Crippen LogP contribution in [0.4, 0.5) is 0 Å². The van der Waals surface area contributed by atoms with Crippen LogP contribution in [-0.2, 0) is 10.3 Å². The maximum Gasteiger partial charge on any atom is 0.417 e. The lowest BCUT2D eigenvalue weighted by Crippen LogP contribution is -2.49. The average molecular weight is 381 g/mol. The standard InChI is InChI=1S/C26H28BNO/c1-5-13-21(14-6-1)25-26(22-15-7-2-8-16-22,23-17-9-3-10-18-23)29-27(28-25)24-19-11-4-12-20-24/h2-4,7-12,15-21,25,28H,1,5-6,13-14H2. The molecule has 0 radical (unpaired) electrons. The molecule has 3 heteroatoms. The van der Waals surface area contributed by atoms with Gasteiger partial charge in [-0.3, -0.25) is 0 Å². The Labute approximate surface area is 174 Å². The predicted molar refractivity (Wildman–Crippen MR) is 120 cm³/mol. The summed E-state index contributed by atoms with van der Waals surface area (Å²) in [7, 11) is -0.108. The van der Waals surface area contributed by atoms with Crippen LogP contribution >= 0.6 is 0 Å². The van der Waals surface area contributed by atoms with E-state index in [2.05, 4.69) is 96.2 Å². The lowest BCUT2D eigenvalue weighted by molar-refractivity contribution is 0.0783. The quantitative estimate of drug-likeness (QED) is 0.650. The first-order valence-corrected chi connectivity index (χ1v) is 11.0. The van der Waals surface area contributed by atoms with Gasteiger partial charge in [0.25, 0.3) is 0 Å². The van der Waals surface area contributed by atoms with Gasteiger partial charge in [-0.05, 0) is 35.3 Å². The Hall–Kier alpha value is -2.36. The van der Waals surface area contributed by atoms with E-state index < -0.39 is 5.60 Å². The predicted octanol–water partition coefficient (Wildman–Crippen LogP) is 4.89. The van der Waals surface area contributed by atoms with Crippen LogP contribution in [0.25, 0.3) is 0 Å². The molecule has 1 saturated carbocycles. The molecular formula is C26H28BNO. The van der Waals surface area contributed by atoms with E-state index in [1.54, 1.807) is 0 Å². The third-order valence-electron chi connectivity index (χ3n) is 6.70. The van der Waals surface area contributed by atoms with Gasteiger partial charge in [-0.15, -0.1) is 0 Å². The van der Waals surface area contributed by atoms with Crippen LogP contribution in [0.2, 0.25) is 0 Å². The van der Waals surface area contributed by atoms with Crippen LogP contribution in [0, 0.1) is 5.92 Å². The SMILES string of the molecule is c1ccc(B2NC(C3CCCCC3)C(c3ccccc3)(c3ccccc3)O2)cc1. The van der Waals surface area contributed by atoms with Crippen molar-refractivity contribution in [2.24, 2.45) is 5.92 Å². The largest absolute Gasteiger partial charge is 0.417 e. The van der Waals surface area contributed by atoms with Gasteiger partial charge < -0.3 is 9.88 Å². The second-order valence-electron chi connectivity index (χ2n) is 8.42. The molecule has 0 spiro atoms. The van der Waals surface area contributed by atoms with Crippen molar-refractivity contribution < 1.29 is 4.65 Å². The van der Waals surface area contributed by atoms with Crippen molar-refractivity contribution in [2.75, 3.05) is 0 Å². The first-order valence-electron chi connectivity index (χ1n) is 11.0. The first kappa shape index (κ1) is 18.7. The fraction of sp³-hybridized carbons (Fsp3) is 0.308. The molecule has 3 aromatic carbocycles. The second-order valence-corrected chi connectivity index (χ2v) is 8.42. The summed E-state index contributed by atoms with van der Waals surface area (Å²) in [6.07, 6.45) is 6.53. The van der Waals surface area contributed by atoms with Gasteiger partial charge in [-0.1, -0.05) is 110 Å². The zero-order chi connectivity index (χ0) is 19.5. The maximum absolute atomic E-state index is 7.06. The molecule has 1 saturated heterocycles. The van der Waals surface area contributed by atoms with E-state index in [0.29, 0.717) is 5.92 Å². The van der Waals surface area contributed by atoms with E-state index >= 15 is 0 Å². The molecule has 1 unspecified atom stereocenters. The van der Waals surface area contributed by atoms with Crippen molar-refractivity contribution in [1.29, 1.82) is 0 Å². The summed E-state index contributed by atoms with van der Waals surface area (Å²) in [5.41, 5.74) is 3.20. The molecule has 2 aliphatic rings. The monoisotopic (exact) mass is 381 g/mol. The highest BCUT2D eigenvalue weighted by atomic mass is 16.5. The van der Waals surface area contributed by atoms with Crippen LogP contribution in [0.3, 0.4) is 0 Å². The summed E-state index contributed by atoms with van der Waals surface area (Å²) in [5.74, 6) is 0.609. The zero-order valence-electron chi connectivity index (χ0n) is 16.8. The fourth-order valence-corrected chi connectivity index (χ4v) is 5.33. The Morgan fingerprint density at radius 3 is 1.76 bits per heavy atom. The minimum Gasteiger partial charge on any atom is -0.402 e. The number of rotatable bonds is 4. The van der Waals surface area contributed by atoms with Gasteiger partial charge in [0, 0.05) is 6.04 Å². The van der Waals surface area contributed by atoms with Gasteiger partial charge >= 0.3 is 7.05 Å². The highest BCUT2D eigenvalue weighted by molar-refractivity contribution is 6.65. The minimum absolute atomic E-state index is 0.108. The van der Waals surface area contributed by atoms with Crippen LogP contribution in [0.1, 0.15) is 43.2 Å². The van der Waals surface area contributed by atoms with Gasteiger partial charge in [0.05, 0.1) is 0 Å². The van der Waals surface area contributed by atoms with E-state index in [1.807, 2.05) is 0 Å². The van der Waals surface area contributed by atoms with Crippen LogP contribution in [-0.4, -0.2) is 13.1 Å². The number of hydrogen-bond donors (Lipinski definition) is 1. The molecular weight excluding hydrogens is 353 g/mol. The molecule has 2 nitrogen and oxygen atoms in total. The van der Waals surface area contributed by atoms with E-state index in [9.17, 15) is 0 Å². The number of benzene rings is 3. The Morgan fingerprint density at radius 1 is 0.690 bits per heavy atom. The molecule has 1 atom stereocenters. The first-order chi connectivity index (χ1) is 14.4. The second kappa shape index (κ2) is 8.18. The lowest BCUT2D eigenvalue weighted by atomic mass is 9.70. The average Bonchev–Trinajstić information content (AvgIpc) is 3.23. The molecule has 2 fully saturated rings. The minimum atomic E-state index is -0.481. The zero-order valence-corrected chi connectivity index (χ0v) is 16.8. The van der Waals surface area contributed by atoms with Gasteiger partial charge in [0.2, 0.25) is 0 Å². The molecule has 0 aromatic heterocycles. The van der Waals surface area contributed by atoms with Gasteiger partial charge in [0.1, 0.15) is 5.60 Å². The molecule has 3 aromatic rings. The molecule has 0 bridgehead atoms. The smallest absolute Gasteiger partial charge is 0.402 e. The summed E-state index contributed by atoms with van der Waals surface area (Å²) >= 11 is 0. The third-order valence-corrected chi connectivity index (χ3v) is 6.70. The molecule has 146 valence electrons. The van der Waals surface area contributed by atoms with Crippen molar-refractivity contribution >= 4 is 12.5 Å². The Morgan fingerprint density at radius 2 is 1.21 bits per heavy atom. The van der Waals surface area contributed by atoms with Gasteiger partial charge in [-0.2, -0.15) is 0 Å². The molecule has 1 aliphatic heterocycles. The van der Waals surface area contributed by atoms with Crippen LogP contribution in [0.15, 0.2) is 91.0 Å². The number of hydrogen-bond acceptors (Lipinski definition) is 2. The molecule has 1 N–H and O–H groups in total. The Kier molecular flexibility index (Phi) is 5.26. The summed E-state index contributed by atoms with van der Waals surface area (Å²) < 4.78 is 7.06. The normalized spacial score (nSPS) is 21.9. The van der Waals surface area contributed by atoms with Crippen molar-refractivity contribution in [3.63, 3.8) is 0 Å². The highest BCUT2D eigenvalue weighted by Crippen LogP contribution is 2.46. The summed E-state index contributed by atoms with van der Waals surface area (Å²) in [5, 5.41) is 3.94. The Balaban J connectivity index is 1.66. The molecule has 5 rings (SSSR count). The van der Waals surface area contributed by atoms with Crippen LogP contribution in [0.5, 0.6) is 0 Å². The van der Waals surface area contributed by atoms with Crippen molar-refractivity contribution in [2.45, 2.75) is 43.7 Å². The molecule has 0 amide bonds. The van der Waals surface area contributed by atoms with E-state index in [1.165, 1.54) is 48.7 Å². The number of nitrogens with one attached hydrogen (secondary N) is 1. The molecule has 1 aliphatic carbocycles. The summed E-state index contributed by atoms with van der Waals surface area (Å²) in [6, 6.07) is 32.5. The van der Waals surface area contributed by atoms with Gasteiger partial charge in [-0.25, -0.2) is 0 Å². The fourth-order valence-electron chi connectivity index (χ4n) is 5.33. The van der Waals surface area contributed by atoms with E-state index in [-0.39, 0.29) is 13.1 Å². The topological polar surface area (TPSA) is 21.3 Å². The highest BCUT2D eigenvalue weighted by Gasteiger charge is 2.55. The van der Waals surface area contributed by atoms with Crippen molar-refractivity contribution in [3.05, 3.63) is 102 Å². The van der Waals surface area contributed by atoms with Crippen LogP contribution < -0.4 is 10.7 Å². The van der Waals surface area contributed by atoms with E-state index in [4.69, 9.17) is 4.65 Å². The van der Waals surface area contributed by atoms with Gasteiger partial charge in [0.15, 0.2) is 0 Å². The third kappa shape index (κ3) is 3.43. The van der Waals surface area contributed by atoms with E-state index in [0.717, 1.165) is 0 Å². The lowest BCUT2D eigenvalue weighted by Gasteiger charge is -2.41. The summed E-state index contributed by atoms with van der Waals surface area (Å²) in [6.45, 7) is 0. The Bertz CT molecular complexity index is 870.